The van der Waals surface area contributed by atoms with Gasteiger partial charge in [0.05, 0.1) is 20.0 Å². The van der Waals surface area contributed by atoms with Crippen molar-refractivity contribution in [2.45, 2.75) is 0 Å². The molecule has 0 aromatic heterocycles. The minimum atomic E-state index is -0.758. The zero-order valence-corrected chi connectivity index (χ0v) is 9.88. The predicted octanol–water partition coefficient (Wildman–Crippen LogP) is 3.49. The van der Waals surface area contributed by atoms with Gasteiger partial charge in [0.2, 0.25) is 0 Å². The highest BCUT2D eigenvalue weighted by atomic mass is 35.5. The summed E-state index contributed by atoms with van der Waals surface area (Å²) < 4.78 is 0. The number of benzene rings is 1. The molecule has 0 saturated carbocycles. The molecule has 5 nitrogen and oxygen atoms in total. The van der Waals surface area contributed by atoms with Crippen LogP contribution < -0.4 is 11.3 Å². The van der Waals surface area contributed by atoms with E-state index in [0.717, 1.165) is 0 Å². The lowest BCUT2D eigenvalue weighted by Crippen LogP contribution is -2.10. The molecule has 3 N–H and O–H groups in total. The van der Waals surface area contributed by atoms with Gasteiger partial charge in [-0.25, -0.2) is 0 Å². The lowest BCUT2D eigenvalue weighted by atomic mass is 10.2. The van der Waals surface area contributed by atoms with Crippen molar-refractivity contribution in [3.63, 3.8) is 0 Å². The van der Waals surface area contributed by atoms with Crippen molar-refractivity contribution >= 4 is 57.8 Å². The third kappa shape index (κ3) is 2.07. The Kier molecular flexibility index (Phi) is 3.86. The number of nitrogen functional groups attached to an aromatic ring is 1. The third-order valence-corrected chi connectivity index (χ3v) is 3.36. The molecule has 0 atom stereocenters. The van der Waals surface area contributed by atoms with Gasteiger partial charge in [0.1, 0.15) is 10.7 Å². The number of hydrazine groups is 1. The Balaban J connectivity index is 3.70. The van der Waals surface area contributed by atoms with Gasteiger partial charge >= 0.3 is 5.69 Å². The molecule has 0 aliphatic heterocycles. The number of hydrogen-bond acceptors (Lipinski definition) is 4. The SMILES string of the molecule is NNc1c(Cl)c(Cl)c(Cl)c(Cl)c1[N+](=O)[O-]. The Morgan fingerprint density at radius 3 is 1.93 bits per heavy atom. The highest BCUT2D eigenvalue weighted by molar-refractivity contribution is 6.53. The first-order valence-corrected chi connectivity index (χ1v) is 4.90. The number of halogens is 4. The van der Waals surface area contributed by atoms with E-state index in [1.165, 1.54) is 0 Å². The molecule has 0 unspecified atom stereocenters. The topological polar surface area (TPSA) is 81.2 Å². The van der Waals surface area contributed by atoms with Crippen molar-refractivity contribution in [3.8, 4) is 0 Å². The van der Waals surface area contributed by atoms with E-state index < -0.39 is 10.6 Å². The summed E-state index contributed by atoms with van der Waals surface area (Å²) in [4.78, 5) is 9.92. The average molecular weight is 291 g/mol. The zero-order valence-electron chi connectivity index (χ0n) is 6.85. The van der Waals surface area contributed by atoms with Crippen LogP contribution in [0.5, 0.6) is 0 Å². The molecular formula is C6H3Cl4N3O2. The first kappa shape index (κ1) is 12.6. The molecule has 0 amide bonds. The Labute approximate surface area is 104 Å². The van der Waals surface area contributed by atoms with Crippen molar-refractivity contribution in [1.29, 1.82) is 0 Å². The van der Waals surface area contributed by atoms with E-state index in [1.807, 2.05) is 0 Å². The van der Waals surface area contributed by atoms with Gasteiger partial charge in [0, 0.05) is 0 Å². The van der Waals surface area contributed by atoms with Crippen molar-refractivity contribution in [1.82, 2.24) is 0 Å². The van der Waals surface area contributed by atoms with E-state index in [1.54, 1.807) is 0 Å². The summed E-state index contributed by atoms with van der Waals surface area (Å²) in [5.74, 6) is 5.08. The fourth-order valence-corrected chi connectivity index (χ4v) is 1.89. The van der Waals surface area contributed by atoms with Gasteiger partial charge in [-0.3, -0.25) is 16.0 Å². The molecule has 1 rings (SSSR count). The zero-order chi connectivity index (χ0) is 11.7. The summed E-state index contributed by atoms with van der Waals surface area (Å²) in [7, 11) is 0. The summed E-state index contributed by atoms with van der Waals surface area (Å²) in [6.07, 6.45) is 0. The van der Waals surface area contributed by atoms with Crippen LogP contribution >= 0.6 is 46.4 Å². The van der Waals surface area contributed by atoms with Gasteiger partial charge in [-0.05, 0) is 0 Å². The average Bonchev–Trinajstić information content (AvgIpc) is 2.19. The van der Waals surface area contributed by atoms with Crippen molar-refractivity contribution < 1.29 is 4.92 Å². The van der Waals surface area contributed by atoms with E-state index in [-0.39, 0.29) is 25.8 Å². The fourth-order valence-electron chi connectivity index (χ4n) is 0.923. The minimum absolute atomic E-state index is 0.0955. The highest BCUT2D eigenvalue weighted by Gasteiger charge is 2.27. The molecule has 0 fully saturated rings. The number of hydrogen-bond donors (Lipinski definition) is 2. The lowest BCUT2D eigenvalue weighted by molar-refractivity contribution is -0.383. The second-order valence-electron chi connectivity index (χ2n) is 2.38. The number of nitrogens with zero attached hydrogens (tertiary/aromatic N) is 1. The Morgan fingerprint density at radius 2 is 1.53 bits per heavy atom. The van der Waals surface area contributed by atoms with E-state index in [0.29, 0.717) is 0 Å². The minimum Gasteiger partial charge on any atom is -0.317 e. The molecule has 1 aromatic carbocycles. The fraction of sp³-hybridized carbons (Fsp3) is 0. The number of nitro groups is 1. The van der Waals surface area contributed by atoms with Crippen LogP contribution in [0.1, 0.15) is 0 Å². The van der Waals surface area contributed by atoms with Crippen LogP contribution in [-0.2, 0) is 0 Å². The Morgan fingerprint density at radius 1 is 1.07 bits per heavy atom. The molecule has 0 radical (unpaired) electrons. The molecule has 0 spiro atoms. The summed E-state index contributed by atoms with van der Waals surface area (Å²) in [6.45, 7) is 0. The standard InChI is InChI=1S/C6H3Cl4N3O2/c7-1-2(8)4(10)6(13(14)15)5(12-11)3(1)9/h12H,11H2. The summed E-state index contributed by atoms with van der Waals surface area (Å²) in [6, 6.07) is 0. The van der Waals surface area contributed by atoms with E-state index in [4.69, 9.17) is 52.2 Å². The van der Waals surface area contributed by atoms with Crippen molar-refractivity contribution in [2.24, 2.45) is 5.84 Å². The summed E-state index contributed by atoms with van der Waals surface area (Å²) in [5, 5.41) is 9.93. The first-order chi connectivity index (χ1) is 6.91. The molecule has 0 aliphatic carbocycles. The van der Waals surface area contributed by atoms with Crippen LogP contribution in [-0.4, -0.2) is 4.92 Å². The lowest BCUT2D eigenvalue weighted by Gasteiger charge is -2.09. The molecular weight excluding hydrogens is 288 g/mol. The Hall–Kier alpha value is -0.460. The number of nitrogens with two attached hydrogens (primary N) is 1. The first-order valence-electron chi connectivity index (χ1n) is 3.38. The van der Waals surface area contributed by atoms with Crippen LogP contribution in [0.15, 0.2) is 0 Å². The molecule has 1 aromatic rings. The predicted molar refractivity (Wildman–Crippen MR) is 60.9 cm³/mol. The molecule has 0 bridgehead atoms. The van der Waals surface area contributed by atoms with Crippen molar-refractivity contribution in [2.75, 3.05) is 5.43 Å². The summed E-state index contributed by atoms with van der Waals surface area (Å²) >= 11 is 22.7. The largest absolute Gasteiger partial charge is 0.317 e. The maximum Gasteiger partial charge on any atom is 0.315 e. The normalized spacial score (nSPS) is 10.2. The number of rotatable bonds is 2. The molecule has 0 saturated heterocycles. The van der Waals surface area contributed by atoms with Crippen molar-refractivity contribution in [3.05, 3.63) is 30.2 Å². The van der Waals surface area contributed by atoms with E-state index in [2.05, 4.69) is 5.43 Å². The Bertz CT molecular complexity index is 437. The van der Waals surface area contributed by atoms with Gasteiger partial charge in [0.25, 0.3) is 0 Å². The van der Waals surface area contributed by atoms with Crippen LogP contribution in [0.3, 0.4) is 0 Å². The second kappa shape index (κ2) is 4.59. The van der Waals surface area contributed by atoms with E-state index >= 15 is 0 Å². The van der Waals surface area contributed by atoms with Gasteiger partial charge in [-0.2, -0.15) is 0 Å². The van der Waals surface area contributed by atoms with Gasteiger partial charge in [-0.1, -0.05) is 46.4 Å². The van der Waals surface area contributed by atoms with Gasteiger partial charge in [-0.15, -0.1) is 0 Å². The maximum atomic E-state index is 10.7. The molecule has 82 valence electrons. The molecule has 0 aliphatic rings. The highest BCUT2D eigenvalue weighted by Crippen LogP contribution is 2.47. The quantitative estimate of drug-likeness (QED) is 0.287. The molecule has 15 heavy (non-hydrogen) atoms. The van der Waals surface area contributed by atoms with E-state index in [9.17, 15) is 10.1 Å². The second-order valence-corrected chi connectivity index (χ2v) is 3.89. The smallest absolute Gasteiger partial charge is 0.315 e. The van der Waals surface area contributed by atoms with Gasteiger partial charge < -0.3 is 5.43 Å². The van der Waals surface area contributed by atoms with Gasteiger partial charge in [0.15, 0.2) is 0 Å². The summed E-state index contributed by atoms with van der Waals surface area (Å²) in [5.41, 5.74) is 1.36. The molecule has 0 heterocycles. The monoisotopic (exact) mass is 289 g/mol. The number of anilines is 1. The van der Waals surface area contributed by atoms with Crippen LogP contribution in [0, 0.1) is 10.1 Å². The number of nitro benzene ring substituents is 1. The van der Waals surface area contributed by atoms with Crippen LogP contribution in [0.2, 0.25) is 20.1 Å². The number of nitrogens with one attached hydrogen (secondary N) is 1. The van der Waals surface area contributed by atoms with Crippen LogP contribution in [0.25, 0.3) is 0 Å². The molecule has 9 heteroatoms. The maximum absolute atomic E-state index is 10.7. The van der Waals surface area contributed by atoms with Crippen LogP contribution in [0.4, 0.5) is 11.4 Å². The third-order valence-electron chi connectivity index (χ3n) is 1.57.